The van der Waals surface area contributed by atoms with E-state index in [1.165, 1.54) is 19.2 Å². The monoisotopic (exact) mass is 814 g/mol. The second-order valence-electron chi connectivity index (χ2n) is 11.6. The van der Waals surface area contributed by atoms with Gasteiger partial charge in [-0.25, -0.2) is 0 Å². The van der Waals surface area contributed by atoms with E-state index in [0.717, 1.165) is 30.3 Å². The van der Waals surface area contributed by atoms with Crippen LogP contribution >= 0.6 is 0 Å². The molecule has 0 fully saturated rings. The number of fused-ring (bicyclic) bond motifs is 1. The van der Waals surface area contributed by atoms with E-state index in [0.29, 0.717) is 23.2 Å². The molecule has 57 heavy (non-hydrogen) atoms. The molecule has 0 radical (unpaired) electrons. The third kappa shape index (κ3) is 8.79. The van der Waals surface area contributed by atoms with Gasteiger partial charge < -0.3 is 25.4 Å². The Morgan fingerprint density at radius 3 is 1.84 bits per heavy atom. The van der Waals surface area contributed by atoms with Gasteiger partial charge in [0.1, 0.15) is 38.4 Å². The van der Waals surface area contributed by atoms with E-state index in [-0.39, 0.29) is 22.4 Å². The molecule has 0 aliphatic carbocycles. The van der Waals surface area contributed by atoms with Crippen molar-refractivity contribution in [1.82, 2.24) is 0 Å². The summed E-state index contributed by atoms with van der Waals surface area (Å²) in [5, 5.41) is 70.7. The van der Waals surface area contributed by atoms with E-state index in [2.05, 4.69) is 36.0 Å². The highest BCUT2D eigenvalue weighted by atomic mass is 32.2. The number of nitrogens with zero attached hydrogens (tertiary/aromatic N) is 7. The van der Waals surface area contributed by atoms with Gasteiger partial charge in [-0.2, -0.15) is 27.1 Å². The molecule has 6 rings (SSSR count). The summed E-state index contributed by atoms with van der Waals surface area (Å²) >= 11 is 0. The second-order valence-corrected chi connectivity index (χ2v) is 14.4. The zero-order valence-corrected chi connectivity index (χ0v) is 30.5. The van der Waals surface area contributed by atoms with Gasteiger partial charge in [0.25, 0.3) is 25.9 Å². The number of non-ortho nitro benzene ring substituents is 1. The van der Waals surface area contributed by atoms with Crippen molar-refractivity contribution in [3.63, 3.8) is 0 Å². The summed E-state index contributed by atoms with van der Waals surface area (Å²) < 4.78 is 73.7. The molecule has 22 heteroatoms. The lowest BCUT2D eigenvalue weighted by molar-refractivity contribution is -0.384. The van der Waals surface area contributed by atoms with Crippen molar-refractivity contribution < 1.29 is 50.9 Å². The summed E-state index contributed by atoms with van der Waals surface area (Å²) in [5.41, 5.74) is -1.91. The second kappa shape index (κ2) is 15.8. The molecule has 0 saturated heterocycles. The number of aromatic hydroxyl groups is 3. The van der Waals surface area contributed by atoms with Crippen molar-refractivity contribution in [2.45, 2.75) is 9.79 Å². The van der Waals surface area contributed by atoms with Crippen LogP contribution in [-0.4, -0.2) is 53.3 Å². The van der Waals surface area contributed by atoms with Crippen LogP contribution in [0.4, 0.5) is 51.2 Å². The molecule has 0 aromatic heterocycles. The third-order valence-corrected chi connectivity index (χ3v) is 9.68. The van der Waals surface area contributed by atoms with Gasteiger partial charge in [-0.15, -0.1) is 20.5 Å². The molecule has 0 atom stereocenters. The minimum absolute atomic E-state index is 0.00742. The number of methoxy groups -OCH3 is 1. The van der Waals surface area contributed by atoms with Crippen LogP contribution in [0.15, 0.2) is 144 Å². The van der Waals surface area contributed by atoms with E-state index in [9.17, 15) is 51.4 Å². The molecule has 0 aliphatic heterocycles. The number of hydrogen-bond donors (Lipinski definition) is 6. The molecule has 290 valence electrons. The standard InChI is InChI=1S/C35H26N8O12S2/c1-55-23-11-7-20(8-12-23)37-39-27-17-28(40-41-32-24-13-10-22(43(47)48)16-25(24)30(18-29(32)44)56(49,50)51)35(46)33(34(27)45)42-38-21-9-14-26(31(15-21)57(52,53)54)36-19-5-3-2-4-6-19/h2-18,36,44-46H,1H3,(H,49,50,51)(H,52,53,54). The van der Waals surface area contributed by atoms with E-state index in [1.807, 2.05) is 0 Å². The van der Waals surface area contributed by atoms with Gasteiger partial charge in [0.2, 0.25) is 0 Å². The van der Waals surface area contributed by atoms with Crippen LogP contribution in [0.1, 0.15) is 0 Å². The lowest BCUT2D eigenvalue weighted by Gasteiger charge is -2.11. The van der Waals surface area contributed by atoms with Crippen molar-refractivity contribution in [2.75, 3.05) is 12.4 Å². The largest absolute Gasteiger partial charge is 0.506 e. The molecule has 0 spiro atoms. The number of nitro groups is 1. The van der Waals surface area contributed by atoms with Gasteiger partial charge in [0.05, 0.1) is 29.1 Å². The molecule has 0 unspecified atom stereocenters. The minimum Gasteiger partial charge on any atom is -0.506 e. The Bertz CT molecular complexity index is 2870. The normalized spacial score (nSPS) is 12.2. The predicted octanol–water partition coefficient (Wildman–Crippen LogP) is 9.36. The van der Waals surface area contributed by atoms with Gasteiger partial charge in [0.15, 0.2) is 17.2 Å². The molecular weight excluding hydrogens is 789 g/mol. The summed E-state index contributed by atoms with van der Waals surface area (Å²) in [5.74, 6) is -1.99. The van der Waals surface area contributed by atoms with Crippen molar-refractivity contribution >= 4 is 82.2 Å². The Morgan fingerprint density at radius 2 is 1.23 bits per heavy atom. The maximum Gasteiger partial charge on any atom is 0.296 e. The highest BCUT2D eigenvalue weighted by molar-refractivity contribution is 7.86. The number of nitro benzene ring substituents is 1. The quantitative estimate of drug-likeness (QED) is 0.0290. The van der Waals surface area contributed by atoms with Gasteiger partial charge in [-0.1, -0.05) is 18.2 Å². The van der Waals surface area contributed by atoms with Gasteiger partial charge in [-0.05, 0) is 60.7 Å². The lowest BCUT2D eigenvalue weighted by atomic mass is 10.1. The summed E-state index contributed by atoms with van der Waals surface area (Å²) in [6.45, 7) is 0. The number of benzene rings is 6. The SMILES string of the molecule is COc1ccc(N=Nc2cc(N=Nc3c(O)cc(S(=O)(=O)O)c4cc([N+](=O)[O-])ccc34)c(O)c(N=Nc3ccc(Nc4ccccc4)c(S(=O)(=O)O)c3)c2O)cc1. The van der Waals surface area contributed by atoms with E-state index < -0.39 is 80.3 Å². The number of nitrogens with one attached hydrogen (secondary N) is 1. The Kier molecular flexibility index (Phi) is 10.9. The third-order valence-electron chi connectivity index (χ3n) is 7.89. The summed E-state index contributed by atoms with van der Waals surface area (Å²) in [4.78, 5) is 9.17. The van der Waals surface area contributed by atoms with Crippen molar-refractivity contribution in [2.24, 2.45) is 30.7 Å². The van der Waals surface area contributed by atoms with Crippen molar-refractivity contribution in [3.8, 4) is 23.0 Å². The number of hydrogen-bond acceptors (Lipinski definition) is 17. The van der Waals surface area contributed by atoms with Crippen molar-refractivity contribution in [1.29, 1.82) is 0 Å². The van der Waals surface area contributed by atoms with E-state index >= 15 is 0 Å². The predicted molar refractivity (Wildman–Crippen MR) is 203 cm³/mol. The summed E-state index contributed by atoms with van der Waals surface area (Å²) in [6, 6.07) is 22.8. The molecular formula is C35H26N8O12S2. The highest BCUT2D eigenvalue weighted by Crippen LogP contribution is 2.51. The summed E-state index contributed by atoms with van der Waals surface area (Å²) in [6.07, 6.45) is 0. The van der Waals surface area contributed by atoms with Crippen LogP contribution < -0.4 is 10.1 Å². The lowest BCUT2D eigenvalue weighted by Crippen LogP contribution is -2.03. The van der Waals surface area contributed by atoms with Gasteiger partial charge in [-0.3, -0.25) is 19.2 Å². The Morgan fingerprint density at radius 1 is 0.632 bits per heavy atom. The number of phenolic OH excluding ortho intramolecular Hbond substituents is 3. The van der Waals surface area contributed by atoms with Gasteiger partial charge in [0, 0.05) is 40.7 Å². The Hall–Kier alpha value is -7.40. The highest BCUT2D eigenvalue weighted by Gasteiger charge is 2.24. The van der Waals surface area contributed by atoms with Gasteiger partial charge >= 0.3 is 0 Å². The number of ether oxygens (including phenoxy) is 1. The first kappa shape index (κ1) is 39.3. The maximum atomic E-state index is 12.3. The summed E-state index contributed by atoms with van der Waals surface area (Å²) in [7, 11) is -8.38. The molecule has 6 N–H and O–H groups in total. The average molecular weight is 815 g/mol. The molecule has 6 aromatic carbocycles. The molecule has 0 amide bonds. The first-order valence-corrected chi connectivity index (χ1v) is 18.7. The smallest absolute Gasteiger partial charge is 0.296 e. The maximum absolute atomic E-state index is 12.3. The number of rotatable bonds is 12. The molecule has 0 bridgehead atoms. The fraction of sp³-hybridized carbons (Fsp3) is 0.0286. The number of phenols is 3. The zero-order chi connectivity index (χ0) is 41.1. The van der Waals surface area contributed by atoms with Crippen LogP contribution in [0.25, 0.3) is 10.8 Å². The minimum atomic E-state index is -5.02. The molecule has 20 nitrogen and oxygen atoms in total. The Labute approximate surface area is 321 Å². The van der Waals surface area contributed by atoms with Crippen LogP contribution in [0.3, 0.4) is 0 Å². The van der Waals surface area contributed by atoms with Crippen LogP contribution in [0, 0.1) is 10.1 Å². The fourth-order valence-electron chi connectivity index (χ4n) is 5.19. The number of azo groups is 3. The first-order valence-electron chi connectivity index (χ1n) is 15.9. The Balaban J connectivity index is 1.48. The van der Waals surface area contributed by atoms with E-state index in [1.54, 1.807) is 54.6 Å². The topological polar surface area (TPSA) is 308 Å². The molecule has 0 aliphatic rings. The fourth-order valence-corrected chi connectivity index (χ4v) is 6.56. The molecule has 6 aromatic rings. The average Bonchev–Trinajstić information content (AvgIpc) is 3.17. The zero-order valence-electron chi connectivity index (χ0n) is 28.9. The first-order chi connectivity index (χ1) is 27.0. The van der Waals surface area contributed by atoms with E-state index in [4.69, 9.17) is 4.74 Å². The van der Waals surface area contributed by atoms with Crippen LogP contribution in [-0.2, 0) is 20.2 Å². The molecule has 0 heterocycles. The van der Waals surface area contributed by atoms with Crippen LogP contribution in [0.2, 0.25) is 0 Å². The van der Waals surface area contributed by atoms with Crippen molar-refractivity contribution in [3.05, 3.63) is 113 Å². The number of anilines is 2. The number of para-hydroxylation sites is 1. The van der Waals surface area contributed by atoms with Crippen LogP contribution in [0.5, 0.6) is 23.0 Å². The molecule has 0 saturated carbocycles.